The van der Waals surface area contributed by atoms with Crippen molar-refractivity contribution >= 4 is 21.8 Å². The van der Waals surface area contributed by atoms with Gasteiger partial charge in [0.1, 0.15) is 17.3 Å². The molecule has 0 N–H and O–H groups in total. The monoisotopic (exact) mass is 716 g/mol. The Kier molecular flexibility index (Phi) is 8.95. The first-order chi connectivity index (χ1) is 25.2. The Balaban J connectivity index is 1.36. The zero-order valence-corrected chi connectivity index (χ0v) is 34.8. The van der Waals surface area contributed by atoms with Gasteiger partial charge in [0, 0.05) is 35.4 Å². The van der Waals surface area contributed by atoms with Gasteiger partial charge in [0.25, 0.3) is 6.33 Å². The Labute approximate surface area is 322 Å². The molecule has 0 saturated carbocycles. The van der Waals surface area contributed by atoms with Crippen LogP contribution >= 0.6 is 0 Å². The van der Waals surface area contributed by atoms with Crippen LogP contribution in [-0.4, -0.2) is 14.1 Å². The van der Waals surface area contributed by atoms with Crippen LogP contribution in [0.25, 0.3) is 39.0 Å². The van der Waals surface area contributed by atoms with Crippen molar-refractivity contribution in [2.24, 2.45) is 0 Å². The third kappa shape index (κ3) is 6.63. The van der Waals surface area contributed by atoms with Crippen molar-refractivity contribution in [3.05, 3.63) is 136 Å². The molecular formula is C49H56N4O. The Bertz CT molecular complexity index is 2550. The third-order valence-electron chi connectivity index (χ3n) is 11.5. The molecule has 0 aliphatic carbocycles. The molecule has 0 spiro atoms. The zero-order chi connectivity index (χ0) is 39.1. The van der Waals surface area contributed by atoms with E-state index in [1.807, 2.05) is 6.20 Å². The van der Waals surface area contributed by atoms with E-state index in [4.69, 9.17) is 9.72 Å². The third-order valence-corrected chi connectivity index (χ3v) is 11.5. The summed E-state index contributed by atoms with van der Waals surface area (Å²) in [5.41, 5.74) is 14.6. The fourth-order valence-electron chi connectivity index (χ4n) is 7.56. The maximum atomic E-state index is 6.83. The quantitative estimate of drug-likeness (QED) is 0.131. The molecule has 0 saturated heterocycles. The van der Waals surface area contributed by atoms with Gasteiger partial charge in [0.05, 0.1) is 22.4 Å². The number of rotatable bonds is 5. The molecule has 0 aliphatic heterocycles. The van der Waals surface area contributed by atoms with Crippen LogP contribution in [0.15, 0.2) is 85.3 Å². The number of aromatic nitrogens is 4. The van der Waals surface area contributed by atoms with Gasteiger partial charge in [-0.1, -0.05) is 68.4 Å². The molecule has 0 amide bonds. The van der Waals surface area contributed by atoms with Crippen LogP contribution in [0.5, 0.6) is 11.5 Å². The minimum atomic E-state index is -0.0967. The average molecular weight is 717 g/mol. The molecule has 7 aromatic rings. The van der Waals surface area contributed by atoms with Gasteiger partial charge in [-0.2, -0.15) is 0 Å². The number of benzene rings is 4. The summed E-state index contributed by atoms with van der Waals surface area (Å²) in [5.74, 6) is 2.46. The minimum absolute atomic E-state index is 0.00793. The van der Waals surface area contributed by atoms with E-state index in [0.29, 0.717) is 0 Å². The molecule has 0 radical (unpaired) electrons. The predicted molar refractivity (Wildman–Crippen MR) is 225 cm³/mol. The number of nitrogens with zero attached hydrogens (tertiary/aromatic N) is 4. The van der Waals surface area contributed by atoms with E-state index in [1.54, 1.807) is 0 Å². The first kappa shape index (κ1) is 37.2. The molecule has 0 atom stereocenters. The van der Waals surface area contributed by atoms with E-state index in [1.165, 1.54) is 61.0 Å². The Morgan fingerprint density at radius 3 is 1.85 bits per heavy atom. The van der Waals surface area contributed by atoms with E-state index >= 15 is 0 Å². The molecule has 7 rings (SSSR count). The lowest BCUT2D eigenvalue weighted by Gasteiger charge is -2.22. The summed E-state index contributed by atoms with van der Waals surface area (Å²) >= 11 is 0. The molecule has 0 fully saturated rings. The van der Waals surface area contributed by atoms with Crippen LogP contribution in [0.3, 0.4) is 0 Å². The van der Waals surface area contributed by atoms with Crippen molar-refractivity contribution in [2.45, 2.75) is 113 Å². The molecule has 3 heterocycles. The number of fused-ring (bicyclic) bond motifs is 3. The molecule has 54 heavy (non-hydrogen) atoms. The SMILES string of the molecule is Cc1c(C)c(C)c(-[n+]2[c-]n(-c3cc(Oc4ccc5c6cc(C(C)(C)C)ccc6n(-c6cc(C(C)(C)C)ccn6)c5c4)cc(C(C)(C)C)c3)cc2)c(C)c1C. The van der Waals surface area contributed by atoms with Gasteiger partial charge in [-0.25, -0.2) is 4.98 Å². The second-order valence-corrected chi connectivity index (χ2v) is 18.3. The molecule has 5 nitrogen and oxygen atoms in total. The second kappa shape index (κ2) is 13.0. The predicted octanol–water partition coefficient (Wildman–Crippen LogP) is 12.3. The Hall–Kier alpha value is -5.16. The van der Waals surface area contributed by atoms with Gasteiger partial charge >= 0.3 is 0 Å². The number of imidazole rings is 1. The van der Waals surface area contributed by atoms with Gasteiger partial charge in [-0.05, 0) is 150 Å². The van der Waals surface area contributed by atoms with E-state index < -0.39 is 0 Å². The van der Waals surface area contributed by atoms with Crippen molar-refractivity contribution in [1.82, 2.24) is 14.1 Å². The van der Waals surface area contributed by atoms with Gasteiger partial charge in [0.2, 0.25) is 0 Å². The molecule has 0 unspecified atom stereocenters. The number of hydrogen-bond acceptors (Lipinski definition) is 2. The first-order valence-electron chi connectivity index (χ1n) is 19.2. The summed E-state index contributed by atoms with van der Waals surface area (Å²) in [7, 11) is 0. The van der Waals surface area contributed by atoms with Crippen LogP contribution in [0.2, 0.25) is 0 Å². The Morgan fingerprint density at radius 2 is 1.20 bits per heavy atom. The van der Waals surface area contributed by atoms with E-state index in [-0.39, 0.29) is 16.2 Å². The number of hydrogen-bond donors (Lipinski definition) is 0. The zero-order valence-electron chi connectivity index (χ0n) is 34.8. The summed E-state index contributed by atoms with van der Waals surface area (Å²) < 4.78 is 13.3. The van der Waals surface area contributed by atoms with Gasteiger partial charge in [0.15, 0.2) is 0 Å². The topological polar surface area (TPSA) is 35.9 Å². The molecule has 0 bridgehead atoms. The highest BCUT2D eigenvalue weighted by Gasteiger charge is 2.22. The molecular weight excluding hydrogens is 661 g/mol. The normalized spacial score (nSPS) is 12.6. The van der Waals surface area contributed by atoms with E-state index in [0.717, 1.165) is 34.0 Å². The lowest BCUT2D eigenvalue weighted by molar-refractivity contribution is -0.600. The summed E-state index contributed by atoms with van der Waals surface area (Å²) in [4.78, 5) is 4.93. The number of pyridine rings is 1. The Morgan fingerprint density at radius 1 is 0.574 bits per heavy atom. The highest BCUT2D eigenvalue weighted by molar-refractivity contribution is 6.09. The van der Waals surface area contributed by atoms with Crippen LogP contribution in [0, 0.1) is 40.9 Å². The van der Waals surface area contributed by atoms with Crippen LogP contribution in [-0.2, 0) is 16.2 Å². The second-order valence-electron chi connectivity index (χ2n) is 18.3. The molecule has 0 aliphatic rings. The van der Waals surface area contributed by atoms with Crippen LogP contribution < -0.4 is 9.30 Å². The highest BCUT2D eigenvalue weighted by Crippen LogP contribution is 2.39. The van der Waals surface area contributed by atoms with E-state index in [9.17, 15) is 0 Å². The van der Waals surface area contributed by atoms with Crippen molar-refractivity contribution < 1.29 is 9.30 Å². The van der Waals surface area contributed by atoms with Gasteiger partial charge in [-0.3, -0.25) is 13.7 Å². The molecule has 4 aromatic carbocycles. The van der Waals surface area contributed by atoms with Crippen LogP contribution in [0.4, 0.5) is 0 Å². The van der Waals surface area contributed by atoms with E-state index in [2.05, 4.69) is 196 Å². The van der Waals surface area contributed by atoms with Crippen molar-refractivity contribution in [2.75, 3.05) is 0 Å². The highest BCUT2D eigenvalue weighted by atomic mass is 16.5. The summed E-state index contributed by atoms with van der Waals surface area (Å²) in [6, 6.07) is 24.2. The smallest absolute Gasteiger partial charge is 0.268 e. The minimum Gasteiger partial charge on any atom is -0.458 e. The van der Waals surface area contributed by atoms with Gasteiger partial charge < -0.3 is 4.74 Å². The fraction of sp³-hybridized carbons (Fsp3) is 0.347. The van der Waals surface area contributed by atoms with Crippen molar-refractivity contribution in [1.29, 1.82) is 0 Å². The van der Waals surface area contributed by atoms with Crippen molar-refractivity contribution in [3.63, 3.8) is 0 Å². The standard InChI is InChI=1S/C49H56N4O/c1-30-31(2)33(4)46(34(5)32(30)3)52-22-21-51(29-52)38-23-37(49(12,13)14)24-40(27-38)54-39-16-17-41-42-25-35(47(6,7)8)15-18-43(42)53(44(41)28-39)45-26-36(19-20-50-45)48(9,10)11/h15-28H,1-14H3. The lowest BCUT2D eigenvalue weighted by atomic mass is 9.86. The first-order valence-corrected chi connectivity index (χ1v) is 19.2. The summed E-state index contributed by atoms with van der Waals surface area (Å²) in [6.45, 7) is 31.4. The maximum absolute atomic E-state index is 6.83. The summed E-state index contributed by atoms with van der Waals surface area (Å²) in [5, 5.41) is 2.39. The fourth-order valence-corrected chi connectivity index (χ4v) is 7.56. The maximum Gasteiger partial charge on any atom is 0.268 e. The lowest BCUT2D eigenvalue weighted by Crippen LogP contribution is -2.31. The van der Waals surface area contributed by atoms with Crippen molar-refractivity contribution in [3.8, 4) is 28.7 Å². The largest absolute Gasteiger partial charge is 0.458 e. The van der Waals surface area contributed by atoms with Gasteiger partial charge in [-0.15, -0.1) is 0 Å². The summed E-state index contributed by atoms with van der Waals surface area (Å²) in [6.07, 6.45) is 9.76. The molecule has 3 aromatic heterocycles. The number of ether oxygens (including phenoxy) is 1. The molecule has 278 valence electrons. The van der Waals surface area contributed by atoms with Crippen LogP contribution in [0.1, 0.15) is 107 Å². The average Bonchev–Trinajstić information content (AvgIpc) is 3.71. The molecule has 5 heteroatoms.